The van der Waals surface area contributed by atoms with Gasteiger partial charge in [-0.3, -0.25) is 0 Å². The van der Waals surface area contributed by atoms with Crippen molar-refractivity contribution >= 4 is 0 Å². The minimum atomic E-state index is -0.789. The van der Waals surface area contributed by atoms with Gasteiger partial charge in [0.05, 0.1) is 12.2 Å². The molecule has 20 heavy (non-hydrogen) atoms. The van der Waals surface area contributed by atoms with Crippen LogP contribution in [0.3, 0.4) is 0 Å². The van der Waals surface area contributed by atoms with Crippen molar-refractivity contribution in [3.05, 3.63) is 0 Å². The highest BCUT2D eigenvalue weighted by Gasteiger charge is 2.35. The highest BCUT2D eigenvalue weighted by Crippen LogP contribution is 2.35. The monoisotopic (exact) mass is 284 g/mol. The Morgan fingerprint density at radius 3 is 1.95 bits per heavy atom. The number of aliphatic hydroxyl groups excluding tert-OH is 1. The van der Waals surface area contributed by atoms with Crippen molar-refractivity contribution in [2.45, 2.75) is 102 Å². The van der Waals surface area contributed by atoms with E-state index in [9.17, 15) is 10.2 Å². The molecule has 0 aromatic carbocycles. The quantitative estimate of drug-likeness (QED) is 0.534. The van der Waals surface area contributed by atoms with Crippen molar-refractivity contribution in [3.8, 4) is 0 Å². The Hall–Kier alpha value is -0.0800. The molecule has 0 amide bonds. The Balaban J connectivity index is 2.10. The largest absolute Gasteiger partial charge is 0.393 e. The standard InChI is InChI=1S/C18H36O2/c1-2-3-4-5-6-7-8-12-15-18(20,16-19)17-13-10-9-11-14-17/h17,19-20H,2-16H2,1H3. The van der Waals surface area contributed by atoms with Crippen LogP contribution in [0.1, 0.15) is 96.8 Å². The summed E-state index contributed by atoms with van der Waals surface area (Å²) < 4.78 is 0. The molecule has 0 spiro atoms. The van der Waals surface area contributed by atoms with E-state index in [0.29, 0.717) is 5.92 Å². The van der Waals surface area contributed by atoms with Crippen molar-refractivity contribution in [1.29, 1.82) is 0 Å². The fourth-order valence-corrected chi connectivity index (χ4v) is 3.62. The third-order valence-electron chi connectivity index (χ3n) is 5.10. The number of aliphatic hydroxyl groups is 2. The molecular weight excluding hydrogens is 248 g/mol. The second kappa shape index (κ2) is 10.6. The van der Waals surface area contributed by atoms with Crippen LogP contribution in [-0.4, -0.2) is 22.4 Å². The molecule has 0 heterocycles. The molecule has 2 nitrogen and oxygen atoms in total. The van der Waals surface area contributed by atoms with E-state index in [1.807, 2.05) is 0 Å². The van der Waals surface area contributed by atoms with Gasteiger partial charge in [0.15, 0.2) is 0 Å². The molecule has 1 aliphatic rings. The predicted molar refractivity (Wildman–Crippen MR) is 85.8 cm³/mol. The molecule has 1 atom stereocenters. The highest BCUT2D eigenvalue weighted by atomic mass is 16.3. The third-order valence-corrected chi connectivity index (χ3v) is 5.10. The lowest BCUT2D eigenvalue weighted by Crippen LogP contribution is -2.42. The maximum absolute atomic E-state index is 10.7. The number of unbranched alkanes of at least 4 members (excludes halogenated alkanes) is 7. The van der Waals surface area contributed by atoms with Gasteiger partial charge in [-0.25, -0.2) is 0 Å². The van der Waals surface area contributed by atoms with Crippen LogP contribution in [0.5, 0.6) is 0 Å². The zero-order valence-corrected chi connectivity index (χ0v) is 13.6. The molecule has 0 aromatic heterocycles. The summed E-state index contributed by atoms with van der Waals surface area (Å²) in [4.78, 5) is 0. The predicted octanol–water partition coefficient (Wildman–Crippen LogP) is 4.82. The first-order chi connectivity index (χ1) is 9.73. The topological polar surface area (TPSA) is 40.5 Å². The smallest absolute Gasteiger partial charge is 0.0905 e. The summed E-state index contributed by atoms with van der Waals surface area (Å²) in [6, 6.07) is 0. The van der Waals surface area contributed by atoms with E-state index in [1.165, 1.54) is 64.2 Å². The van der Waals surface area contributed by atoms with Crippen LogP contribution in [0, 0.1) is 5.92 Å². The van der Waals surface area contributed by atoms with Crippen LogP contribution in [0.15, 0.2) is 0 Å². The van der Waals surface area contributed by atoms with Crippen molar-refractivity contribution in [2.24, 2.45) is 5.92 Å². The van der Waals surface area contributed by atoms with E-state index >= 15 is 0 Å². The zero-order valence-electron chi connectivity index (χ0n) is 13.6. The molecule has 1 aliphatic carbocycles. The summed E-state index contributed by atoms with van der Waals surface area (Å²) in [6.45, 7) is 2.20. The molecule has 0 aliphatic heterocycles. The molecule has 0 saturated heterocycles. The summed E-state index contributed by atoms with van der Waals surface area (Å²) in [5.41, 5.74) is -0.789. The zero-order chi connectivity index (χ0) is 14.7. The van der Waals surface area contributed by atoms with E-state index in [2.05, 4.69) is 6.92 Å². The van der Waals surface area contributed by atoms with Crippen molar-refractivity contribution in [3.63, 3.8) is 0 Å². The summed E-state index contributed by atoms with van der Waals surface area (Å²) in [5.74, 6) is 0.339. The van der Waals surface area contributed by atoms with Crippen LogP contribution in [-0.2, 0) is 0 Å². The van der Waals surface area contributed by atoms with Gasteiger partial charge in [0.25, 0.3) is 0 Å². The van der Waals surface area contributed by atoms with Crippen molar-refractivity contribution in [2.75, 3.05) is 6.61 Å². The maximum Gasteiger partial charge on any atom is 0.0905 e. The Bertz CT molecular complexity index is 223. The molecule has 0 bridgehead atoms. The molecule has 1 fully saturated rings. The maximum atomic E-state index is 10.7. The number of hydrogen-bond acceptors (Lipinski definition) is 2. The SMILES string of the molecule is CCCCCCCCCCC(O)(CO)C1CCCCC1. The lowest BCUT2D eigenvalue weighted by atomic mass is 9.75. The van der Waals surface area contributed by atoms with Gasteiger partial charge in [-0.15, -0.1) is 0 Å². The van der Waals surface area contributed by atoms with Crippen LogP contribution in [0.2, 0.25) is 0 Å². The molecule has 2 heteroatoms. The van der Waals surface area contributed by atoms with Gasteiger partial charge in [-0.2, -0.15) is 0 Å². The van der Waals surface area contributed by atoms with E-state index in [-0.39, 0.29) is 6.61 Å². The normalized spacial score (nSPS) is 19.9. The summed E-state index contributed by atoms with van der Waals surface area (Å²) in [5, 5.41) is 20.3. The summed E-state index contributed by atoms with van der Waals surface area (Å²) in [7, 11) is 0. The second-order valence-electron chi connectivity index (χ2n) is 6.82. The summed E-state index contributed by atoms with van der Waals surface area (Å²) >= 11 is 0. The van der Waals surface area contributed by atoms with Crippen LogP contribution in [0.25, 0.3) is 0 Å². The minimum Gasteiger partial charge on any atom is -0.393 e. The molecule has 120 valence electrons. The van der Waals surface area contributed by atoms with Gasteiger partial charge in [0.2, 0.25) is 0 Å². The van der Waals surface area contributed by atoms with E-state index in [1.54, 1.807) is 0 Å². The first-order valence-corrected chi connectivity index (χ1v) is 9.06. The Morgan fingerprint density at radius 2 is 1.40 bits per heavy atom. The van der Waals surface area contributed by atoms with Gasteiger partial charge < -0.3 is 10.2 Å². The van der Waals surface area contributed by atoms with Gasteiger partial charge >= 0.3 is 0 Å². The Kier molecular flexibility index (Phi) is 9.54. The molecular formula is C18H36O2. The summed E-state index contributed by atoms with van der Waals surface area (Å²) in [6.07, 6.45) is 17.1. The van der Waals surface area contributed by atoms with Crippen molar-refractivity contribution < 1.29 is 10.2 Å². The van der Waals surface area contributed by atoms with E-state index in [4.69, 9.17) is 0 Å². The van der Waals surface area contributed by atoms with Crippen LogP contribution < -0.4 is 0 Å². The lowest BCUT2D eigenvalue weighted by molar-refractivity contribution is -0.0798. The van der Waals surface area contributed by atoms with Crippen LogP contribution >= 0.6 is 0 Å². The van der Waals surface area contributed by atoms with Gasteiger partial charge in [0, 0.05) is 0 Å². The second-order valence-corrected chi connectivity index (χ2v) is 6.82. The molecule has 2 N–H and O–H groups in total. The third kappa shape index (κ3) is 6.58. The minimum absolute atomic E-state index is 0.0475. The molecule has 1 saturated carbocycles. The first-order valence-electron chi connectivity index (χ1n) is 9.06. The average Bonchev–Trinajstić information content (AvgIpc) is 2.50. The highest BCUT2D eigenvalue weighted by molar-refractivity contribution is 4.87. The van der Waals surface area contributed by atoms with Crippen molar-refractivity contribution in [1.82, 2.24) is 0 Å². The van der Waals surface area contributed by atoms with Crippen LogP contribution in [0.4, 0.5) is 0 Å². The van der Waals surface area contributed by atoms with E-state index < -0.39 is 5.60 Å². The Labute approximate surface area is 126 Å². The fraction of sp³-hybridized carbons (Fsp3) is 1.00. The number of rotatable bonds is 11. The molecule has 1 unspecified atom stereocenters. The molecule has 1 rings (SSSR count). The van der Waals surface area contributed by atoms with Gasteiger partial charge in [-0.05, 0) is 25.2 Å². The first kappa shape index (κ1) is 18.0. The molecule has 0 aromatic rings. The lowest BCUT2D eigenvalue weighted by Gasteiger charge is -2.37. The van der Waals surface area contributed by atoms with Gasteiger partial charge in [0.1, 0.15) is 0 Å². The van der Waals surface area contributed by atoms with Gasteiger partial charge in [-0.1, -0.05) is 77.6 Å². The molecule has 0 radical (unpaired) electrons. The Morgan fingerprint density at radius 1 is 0.850 bits per heavy atom. The number of hydrogen-bond donors (Lipinski definition) is 2. The average molecular weight is 284 g/mol. The van der Waals surface area contributed by atoms with E-state index in [0.717, 1.165) is 25.7 Å². The fourth-order valence-electron chi connectivity index (χ4n) is 3.62.